The molecule has 0 spiro atoms. The molecule has 1 heterocycles. The fourth-order valence-corrected chi connectivity index (χ4v) is 1.70. The lowest BCUT2D eigenvalue weighted by Crippen LogP contribution is -2.12. The van der Waals surface area contributed by atoms with Crippen molar-refractivity contribution in [1.82, 2.24) is 0 Å². The van der Waals surface area contributed by atoms with E-state index in [1.54, 1.807) is 12.1 Å². The van der Waals surface area contributed by atoms with Gasteiger partial charge in [0.05, 0.1) is 12.2 Å². The van der Waals surface area contributed by atoms with E-state index in [1.807, 2.05) is 6.07 Å². The SMILES string of the molecule is CC1CCOc2cc(C(=O)O)ccc21. The van der Waals surface area contributed by atoms with Crippen LogP contribution in [0.4, 0.5) is 0 Å². The Bertz CT molecular complexity index is 371. The van der Waals surface area contributed by atoms with Gasteiger partial charge in [-0.3, -0.25) is 0 Å². The van der Waals surface area contributed by atoms with E-state index in [0.717, 1.165) is 17.7 Å². The number of carboxylic acids is 1. The third-order valence-corrected chi connectivity index (χ3v) is 2.60. The van der Waals surface area contributed by atoms with Crippen LogP contribution in [0.2, 0.25) is 0 Å². The Morgan fingerprint density at radius 1 is 1.57 bits per heavy atom. The molecule has 1 N–H and O–H groups in total. The van der Waals surface area contributed by atoms with Crippen molar-refractivity contribution >= 4 is 5.97 Å². The first-order valence-corrected chi connectivity index (χ1v) is 4.68. The zero-order valence-corrected chi connectivity index (χ0v) is 7.99. The second-order valence-corrected chi connectivity index (χ2v) is 3.60. The van der Waals surface area contributed by atoms with E-state index in [4.69, 9.17) is 9.84 Å². The highest BCUT2D eigenvalue weighted by Crippen LogP contribution is 2.33. The Hall–Kier alpha value is -1.51. The van der Waals surface area contributed by atoms with E-state index >= 15 is 0 Å². The van der Waals surface area contributed by atoms with Crippen LogP contribution >= 0.6 is 0 Å². The maximum atomic E-state index is 10.7. The molecule has 74 valence electrons. The largest absolute Gasteiger partial charge is 0.493 e. The summed E-state index contributed by atoms with van der Waals surface area (Å²) >= 11 is 0. The molecule has 0 bridgehead atoms. The second-order valence-electron chi connectivity index (χ2n) is 3.60. The molecule has 0 aromatic heterocycles. The Labute approximate surface area is 82.3 Å². The first-order chi connectivity index (χ1) is 6.68. The van der Waals surface area contributed by atoms with E-state index in [1.165, 1.54) is 0 Å². The van der Waals surface area contributed by atoms with Crippen LogP contribution in [-0.4, -0.2) is 17.7 Å². The summed E-state index contributed by atoms with van der Waals surface area (Å²) in [7, 11) is 0. The number of hydrogen-bond acceptors (Lipinski definition) is 2. The molecule has 0 fully saturated rings. The van der Waals surface area contributed by atoms with Gasteiger partial charge in [-0.05, 0) is 30.0 Å². The van der Waals surface area contributed by atoms with Crippen molar-refractivity contribution in [2.24, 2.45) is 0 Å². The summed E-state index contributed by atoms with van der Waals surface area (Å²) in [5.41, 5.74) is 1.40. The molecule has 1 aromatic rings. The lowest BCUT2D eigenvalue weighted by molar-refractivity contribution is 0.0696. The first kappa shape index (κ1) is 9.06. The van der Waals surface area contributed by atoms with Crippen molar-refractivity contribution in [2.45, 2.75) is 19.3 Å². The number of rotatable bonds is 1. The van der Waals surface area contributed by atoms with E-state index < -0.39 is 5.97 Å². The Morgan fingerprint density at radius 3 is 3.07 bits per heavy atom. The molecule has 0 aliphatic carbocycles. The van der Waals surface area contributed by atoms with Crippen molar-refractivity contribution in [2.75, 3.05) is 6.61 Å². The quantitative estimate of drug-likeness (QED) is 0.742. The molecule has 2 rings (SSSR count). The molecule has 0 amide bonds. The molecule has 1 atom stereocenters. The van der Waals surface area contributed by atoms with E-state index in [2.05, 4.69) is 6.92 Å². The minimum absolute atomic E-state index is 0.290. The molecule has 0 saturated heterocycles. The number of carbonyl (C=O) groups is 1. The van der Waals surface area contributed by atoms with Gasteiger partial charge in [0.15, 0.2) is 0 Å². The normalized spacial score (nSPS) is 19.6. The summed E-state index contributed by atoms with van der Waals surface area (Å²) in [5, 5.41) is 8.80. The standard InChI is InChI=1S/C11H12O3/c1-7-4-5-14-10-6-8(11(12)13)2-3-9(7)10/h2-3,6-7H,4-5H2,1H3,(H,12,13). The molecule has 1 aromatic carbocycles. The average Bonchev–Trinajstić information content (AvgIpc) is 2.17. The van der Waals surface area contributed by atoms with Crippen molar-refractivity contribution in [1.29, 1.82) is 0 Å². The van der Waals surface area contributed by atoms with Gasteiger partial charge < -0.3 is 9.84 Å². The van der Waals surface area contributed by atoms with Gasteiger partial charge in [-0.1, -0.05) is 13.0 Å². The van der Waals surface area contributed by atoms with Crippen LogP contribution in [0.3, 0.4) is 0 Å². The zero-order chi connectivity index (χ0) is 10.1. The maximum Gasteiger partial charge on any atom is 0.335 e. The molecule has 3 nitrogen and oxygen atoms in total. The summed E-state index contributed by atoms with van der Waals surface area (Å²) < 4.78 is 5.42. The first-order valence-electron chi connectivity index (χ1n) is 4.68. The highest BCUT2D eigenvalue weighted by Gasteiger charge is 2.18. The smallest absolute Gasteiger partial charge is 0.335 e. The Morgan fingerprint density at radius 2 is 2.36 bits per heavy atom. The molecule has 0 saturated carbocycles. The molecule has 1 aliphatic heterocycles. The zero-order valence-electron chi connectivity index (χ0n) is 7.99. The third kappa shape index (κ3) is 1.45. The summed E-state index contributed by atoms with van der Waals surface area (Å²) in [6, 6.07) is 5.09. The monoisotopic (exact) mass is 192 g/mol. The van der Waals surface area contributed by atoms with Crippen molar-refractivity contribution in [3.05, 3.63) is 29.3 Å². The van der Waals surface area contributed by atoms with E-state index in [-0.39, 0.29) is 5.56 Å². The molecular weight excluding hydrogens is 180 g/mol. The summed E-state index contributed by atoms with van der Waals surface area (Å²) in [5.74, 6) is 0.278. The van der Waals surface area contributed by atoms with Gasteiger partial charge >= 0.3 is 5.97 Å². The Kier molecular flexibility index (Phi) is 2.15. The lowest BCUT2D eigenvalue weighted by atomic mass is 9.94. The van der Waals surface area contributed by atoms with Crippen molar-refractivity contribution in [3.63, 3.8) is 0 Å². The van der Waals surface area contributed by atoms with Crippen LogP contribution < -0.4 is 4.74 Å². The number of benzene rings is 1. The molecule has 0 radical (unpaired) electrons. The fourth-order valence-electron chi connectivity index (χ4n) is 1.70. The number of carboxylic acid groups (broad SMARTS) is 1. The van der Waals surface area contributed by atoms with E-state index in [9.17, 15) is 4.79 Å². The van der Waals surface area contributed by atoms with Crippen LogP contribution in [0.1, 0.15) is 35.2 Å². The Balaban J connectivity index is 2.44. The molecular formula is C11H12O3. The molecule has 1 unspecified atom stereocenters. The van der Waals surface area contributed by atoms with Crippen molar-refractivity contribution in [3.8, 4) is 5.75 Å². The summed E-state index contributed by atoms with van der Waals surface area (Å²) in [6.07, 6.45) is 0.999. The minimum Gasteiger partial charge on any atom is -0.493 e. The van der Waals surface area contributed by atoms with Gasteiger partial charge in [0.2, 0.25) is 0 Å². The molecule has 1 aliphatic rings. The van der Waals surface area contributed by atoms with Crippen LogP contribution in [-0.2, 0) is 0 Å². The molecule has 14 heavy (non-hydrogen) atoms. The maximum absolute atomic E-state index is 10.7. The number of fused-ring (bicyclic) bond motifs is 1. The average molecular weight is 192 g/mol. The van der Waals surface area contributed by atoms with Gasteiger partial charge in [0.1, 0.15) is 5.75 Å². The summed E-state index contributed by atoms with van der Waals surface area (Å²) in [4.78, 5) is 10.7. The van der Waals surface area contributed by atoms with E-state index in [0.29, 0.717) is 12.5 Å². The van der Waals surface area contributed by atoms with Crippen LogP contribution in [0.5, 0.6) is 5.75 Å². The predicted octanol–water partition coefficient (Wildman–Crippen LogP) is 2.27. The topological polar surface area (TPSA) is 46.5 Å². The highest BCUT2D eigenvalue weighted by atomic mass is 16.5. The van der Waals surface area contributed by atoms with Gasteiger partial charge in [-0.25, -0.2) is 4.79 Å². The van der Waals surface area contributed by atoms with Gasteiger partial charge in [0.25, 0.3) is 0 Å². The molecule has 3 heteroatoms. The second kappa shape index (κ2) is 3.33. The highest BCUT2D eigenvalue weighted by molar-refractivity contribution is 5.88. The lowest BCUT2D eigenvalue weighted by Gasteiger charge is -2.22. The number of hydrogen-bond donors (Lipinski definition) is 1. The minimum atomic E-state index is -0.908. The van der Waals surface area contributed by atoms with Crippen LogP contribution in [0, 0.1) is 0 Å². The van der Waals surface area contributed by atoms with Gasteiger partial charge in [-0.2, -0.15) is 0 Å². The van der Waals surface area contributed by atoms with Gasteiger partial charge in [-0.15, -0.1) is 0 Å². The van der Waals surface area contributed by atoms with Crippen LogP contribution in [0.25, 0.3) is 0 Å². The number of aromatic carboxylic acids is 1. The number of ether oxygens (including phenoxy) is 1. The predicted molar refractivity (Wildman–Crippen MR) is 51.9 cm³/mol. The van der Waals surface area contributed by atoms with Crippen LogP contribution in [0.15, 0.2) is 18.2 Å². The summed E-state index contributed by atoms with van der Waals surface area (Å²) in [6.45, 7) is 2.80. The van der Waals surface area contributed by atoms with Crippen molar-refractivity contribution < 1.29 is 14.6 Å². The fraction of sp³-hybridized carbons (Fsp3) is 0.364. The van der Waals surface area contributed by atoms with Gasteiger partial charge in [0, 0.05) is 0 Å². The third-order valence-electron chi connectivity index (χ3n) is 2.60.